The Balaban J connectivity index is 1.58. The highest BCUT2D eigenvalue weighted by Crippen LogP contribution is 2.48. The number of anilines is 2. The van der Waals surface area contributed by atoms with E-state index in [9.17, 15) is 0 Å². The summed E-state index contributed by atoms with van der Waals surface area (Å²) >= 11 is 0. The summed E-state index contributed by atoms with van der Waals surface area (Å²) in [5, 5.41) is 8.88. The first-order valence-corrected chi connectivity index (χ1v) is 12.7. The highest BCUT2D eigenvalue weighted by Gasteiger charge is 2.27. The molecule has 0 unspecified atom stereocenters. The molecule has 1 aromatic heterocycles. The van der Waals surface area contributed by atoms with Crippen molar-refractivity contribution in [3.05, 3.63) is 115 Å². The minimum absolute atomic E-state index is 0.884. The first-order valence-electron chi connectivity index (χ1n) is 12.7. The van der Waals surface area contributed by atoms with Gasteiger partial charge in [0, 0.05) is 23.1 Å². The zero-order valence-electron chi connectivity index (χ0n) is 20.1. The summed E-state index contributed by atoms with van der Waals surface area (Å²) < 4.78 is 2.48. The van der Waals surface area contributed by atoms with E-state index >= 15 is 0 Å². The van der Waals surface area contributed by atoms with Crippen LogP contribution < -0.4 is 4.90 Å². The van der Waals surface area contributed by atoms with E-state index in [1.165, 1.54) is 71.5 Å². The van der Waals surface area contributed by atoms with Gasteiger partial charge >= 0.3 is 0 Å². The summed E-state index contributed by atoms with van der Waals surface area (Å²) in [6, 6.07) is 42.7. The lowest BCUT2D eigenvalue weighted by Crippen LogP contribution is -2.18. The van der Waals surface area contributed by atoms with Gasteiger partial charge in [0.2, 0.25) is 0 Å². The molecule has 0 N–H and O–H groups in total. The van der Waals surface area contributed by atoms with Gasteiger partial charge in [0.15, 0.2) is 0 Å². The largest absolute Gasteiger partial charge is 0.327 e. The van der Waals surface area contributed by atoms with Crippen LogP contribution in [0.25, 0.3) is 60.0 Å². The molecule has 1 aliphatic rings. The van der Waals surface area contributed by atoms with Crippen molar-refractivity contribution in [3.8, 4) is 16.8 Å². The summed E-state index contributed by atoms with van der Waals surface area (Å²) in [5.41, 5.74) is 6.31. The number of fused-ring (bicyclic) bond motifs is 10. The second-order valence-corrected chi connectivity index (χ2v) is 9.77. The van der Waals surface area contributed by atoms with E-state index in [0.29, 0.717) is 0 Å². The Morgan fingerprint density at radius 3 is 1.53 bits per heavy atom. The summed E-state index contributed by atoms with van der Waals surface area (Å²) in [7, 11) is 0. The molecule has 0 spiro atoms. The van der Waals surface area contributed by atoms with E-state index in [0.717, 1.165) is 6.54 Å². The molecule has 8 rings (SSSR count). The third-order valence-corrected chi connectivity index (χ3v) is 7.79. The minimum Gasteiger partial charge on any atom is -0.327 e. The van der Waals surface area contributed by atoms with E-state index in [2.05, 4.69) is 132 Å². The maximum Gasteiger partial charge on any atom is 0.118 e. The van der Waals surface area contributed by atoms with Crippen LogP contribution >= 0.6 is 0 Å². The molecule has 6 aromatic carbocycles. The molecule has 0 saturated heterocycles. The Kier molecular flexibility index (Phi) is 3.96. The van der Waals surface area contributed by atoms with Gasteiger partial charge in [-0.1, -0.05) is 72.8 Å². The van der Waals surface area contributed by atoms with Gasteiger partial charge in [0.1, 0.15) is 5.82 Å². The van der Waals surface area contributed by atoms with E-state index < -0.39 is 0 Å². The van der Waals surface area contributed by atoms with Crippen molar-refractivity contribution in [3.63, 3.8) is 0 Å². The number of aromatic nitrogens is 1. The fraction of sp³-hybridized carbons (Fsp3) is 0.0588. The molecule has 2 heterocycles. The number of nitrogens with zero attached hydrogens (tertiary/aromatic N) is 2. The summed E-state index contributed by atoms with van der Waals surface area (Å²) in [4.78, 5) is 2.48. The van der Waals surface area contributed by atoms with Crippen LogP contribution in [0.5, 0.6) is 0 Å². The fourth-order valence-electron chi connectivity index (χ4n) is 6.09. The zero-order valence-corrected chi connectivity index (χ0v) is 20.1. The van der Waals surface area contributed by atoms with E-state index in [1.54, 1.807) is 0 Å². The van der Waals surface area contributed by atoms with Crippen LogP contribution in [0.4, 0.5) is 11.5 Å². The predicted octanol–water partition coefficient (Wildman–Crippen LogP) is 9.23. The van der Waals surface area contributed by atoms with Gasteiger partial charge in [-0.15, -0.1) is 0 Å². The minimum atomic E-state index is 0.884. The molecule has 0 bridgehead atoms. The first kappa shape index (κ1) is 19.7. The van der Waals surface area contributed by atoms with Gasteiger partial charge in [0.05, 0.1) is 16.9 Å². The van der Waals surface area contributed by atoms with Gasteiger partial charge in [0.25, 0.3) is 0 Å². The SMILES string of the molecule is CCN1c2cc3ccccc3cc2-c2cc3ccccc3cc2-n2c1cc1cc3ccccc3cc12. The second kappa shape index (κ2) is 7.22. The van der Waals surface area contributed by atoms with E-state index in [1.807, 2.05) is 0 Å². The van der Waals surface area contributed by atoms with Gasteiger partial charge < -0.3 is 4.90 Å². The molecule has 0 radical (unpaired) electrons. The Labute approximate surface area is 209 Å². The standard InChI is InChI=1S/C34H24N2/c1-2-35-32-19-26-13-7-4-10-23(26)16-29(32)30-17-24-11-5-8-14-27(24)20-33(30)36-31-18-25-12-6-3-9-22(25)15-28(31)21-34(35)36/h3-21H,2H2,1H3. The smallest absolute Gasteiger partial charge is 0.118 e. The van der Waals surface area contributed by atoms with Crippen LogP contribution in [0.2, 0.25) is 0 Å². The molecule has 0 amide bonds. The summed E-state index contributed by atoms with van der Waals surface area (Å²) in [6.45, 7) is 3.14. The monoisotopic (exact) mass is 460 g/mol. The molecular formula is C34H24N2. The highest BCUT2D eigenvalue weighted by molar-refractivity contribution is 6.06. The molecule has 170 valence electrons. The fourth-order valence-corrected chi connectivity index (χ4v) is 6.09. The molecule has 0 atom stereocenters. The van der Waals surface area contributed by atoms with Crippen molar-refractivity contribution in [2.24, 2.45) is 0 Å². The zero-order chi connectivity index (χ0) is 23.8. The van der Waals surface area contributed by atoms with Crippen LogP contribution in [0.15, 0.2) is 115 Å². The quantitative estimate of drug-likeness (QED) is 0.237. The Hall–Kier alpha value is -4.56. The van der Waals surface area contributed by atoms with Crippen molar-refractivity contribution in [1.29, 1.82) is 0 Å². The van der Waals surface area contributed by atoms with E-state index in [-0.39, 0.29) is 0 Å². The Bertz CT molecular complexity index is 1990. The van der Waals surface area contributed by atoms with Crippen molar-refractivity contribution < 1.29 is 0 Å². The molecule has 36 heavy (non-hydrogen) atoms. The lowest BCUT2D eigenvalue weighted by atomic mass is 9.95. The summed E-state index contributed by atoms with van der Waals surface area (Å²) in [6.07, 6.45) is 0. The number of hydrogen-bond donors (Lipinski definition) is 0. The van der Waals surface area contributed by atoms with Gasteiger partial charge in [-0.2, -0.15) is 0 Å². The molecule has 0 fully saturated rings. The van der Waals surface area contributed by atoms with Gasteiger partial charge in [-0.05, 0) is 81.7 Å². The highest BCUT2D eigenvalue weighted by atomic mass is 15.3. The first-order chi connectivity index (χ1) is 17.8. The normalized spacial score (nSPS) is 12.6. The molecular weight excluding hydrogens is 436 g/mol. The van der Waals surface area contributed by atoms with Crippen LogP contribution in [-0.2, 0) is 0 Å². The third-order valence-electron chi connectivity index (χ3n) is 7.79. The summed E-state index contributed by atoms with van der Waals surface area (Å²) in [5.74, 6) is 1.22. The topological polar surface area (TPSA) is 8.17 Å². The molecule has 2 heteroatoms. The van der Waals surface area contributed by atoms with Crippen molar-refractivity contribution in [2.75, 3.05) is 11.4 Å². The maximum absolute atomic E-state index is 2.48. The van der Waals surface area contributed by atoms with Crippen LogP contribution in [0.1, 0.15) is 6.92 Å². The Morgan fingerprint density at radius 2 is 0.944 bits per heavy atom. The van der Waals surface area contributed by atoms with Crippen molar-refractivity contribution in [2.45, 2.75) is 6.92 Å². The lowest BCUT2D eigenvalue weighted by Gasteiger charge is -2.24. The van der Waals surface area contributed by atoms with Crippen LogP contribution in [0, 0.1) is 0 Å². The maximum atomic E-state index is 2.48. The second-order valence-electron chi connectivity index (χ2n) is 9.77. The average molecular weight is 461 g/mol. The molecule has 1 aliphatic heterocycles. The van der Waals surface area contributed by atoms with Crippen LogP contribution in [0.3, 0.4) is 0 Å². The lowest BCUT2D eigenvalue weighted by molar-refractivity contribution is 0.970. The number of hydrogen-bond acceptors (Lipinski definition) is 1. The van der Waals surface area contributed by atoms with E-state index in [4.69, 9.17) is 0 Å². The molecule has 0 aliphatic carbocycles. The third kappa shape index (κ3) is 2.67. The van der Waals surface area contributed by atoms with Gasteiger partial charge in [-0.25, -0.2) is 0 Å². The number of benzene rings is 6. The molecule has 0 saturated carbocycles. The van der Waals surface area contributed by atoms with Crippen molar-refractivity contribution in [1.82, 2.24) is 4.57 Å². The van der Waals surface area contributed by atoms with Gasteiger partial charge in [-0.3, -0.25) is 4.57 Å². The molecule has 7 aromatic rings. The van der Waals surface area contributed by atoms with Crippen molar-refractivity contribution >= 4 is 54.7 Å². The van der Waals surface area contributed by atoms with Crippen LogP contribution in [-0.4, -0.2) is 11.1 Å². The Morgan fingerprint density at radius 1 is 0.472 bits per heavy atom. The predicted molar refractivity (Wildman–Crippen MR) is 154 cm³/mol. The molecule has 2 nitrogen and oxygen atoms in total. The number of rotatable bonds is 1. The average Bonchev–Trinajstić information content (AvgIpc) is 3.24.